The highest BCUT2D eigenvalue weighted by molar-refractivity contribution is 5.39. The van der Waals surface area contributed by atoms with Crippen LogP contribution in [0.15, 0.2) is 66.9 Å². The van der Waals surface area contributed by atoms with Crippen LogP contribution in [-0.2, 0) is 6.42 Å². The van der Waals surface area contributed by atoms with Crippen LogP contribution in [0.1, 0.15) is 12.5 Å². The van der Waals surface area contributed by atoms with E-state index in [1.165, 1.54) is 5.56 Å². The van der Waals surface area contributed by atoms with E-state index < -0.39 is 0 Å². The molecule has 2 N–H and O–H groups in total. The van der Waals surface area contributed by atoms with Crippen LogP contribution in [-0.4, -0.2) is 25.4 Å². The summed E-state index contributed by atoms with van der Waals surface area (Å²) in [6, 6.07) is 18.2. The molecular weight excluding hydrogens is 300 g/mol. The molecule has 0 saturated carbocycles. The first kappa shape index (κ1) is 16.4. The third kappa shape index (κ3) is 4.30. The Labute approximate surface area is 143 Å². The van der Waals surface area contributed by atoms with E-state index in [1.807, 2.05) is 43.5 Å². The molecule has 1 heterocycles. The molecule has 2 unspecified atom stereocenters. The molecule has 0 spiro atoms. The molecule has 3 rings (SSSR count). The molecule has 0 aliphatic carbocycles. The van der Waals surface area contributed by atoms with Crippen molar-refractivity contribution in [3.05, 3.63) is 72.4 Å². The molecule has 4 heteroatoms. The van der Waals surface area contributed by atoms with Crippen LogP contribution in [0, 0.1) is 0 Å². The highest BCUT2D eigenvalue weighted by atomic mass is 16.5. The first-order valence-corrected chi connectivity index (χ1v) is 8.43. The van der Waals surface area contributed by atoms with Crippen molar-refractivity contribution in [2.75, 3.05) is 13.2 Å². The number of rotatable bonds is 7. The summed E-state index contributed by atoms with van der Waals surface area (Å²) >= 11 is 0. The van der Waals surface area contributed by atoms with Crippen molar-refractivity contribution >= 4 is 0 Å². The quantitative estimate of drug-likeness (QED) is 0.821. The molecule has 2 aromatic rings. The highest BCUT2D eigenvalue weighted by Gasteiger charge is 2.24. The van der Waals surface area contributed by atoms with Crippen molar-refractivity contribution in [2.24, 2.45) is 0 Å². The Morgan fingerprint density at radius 2 is 1.79 bits per heavy atom. The zero-order valence-corrected chi connectivity index (χ0v) is 13.9. The van der Waals surface area contributed by atoms with Gasteiger partial charge in [0, 0.05) is 13.0 Å². The van der Waals surface area contributed by atoms with Crippen molar-refractivity contribution < 1.29 is 9.47 Å². The highest BCUT2D eigenvalue weighted by Crippen LogP contribution is 2.28. The molecule has 1 aliphatic heterocycles. The minimum absolute atomic E-state index is 0.0462. The minimum atomic E-state index is -0.0565. The van der Waals surface area contributed by atoms with Crippen LogP contribution in [0.2, 0.25) is 0 Å². The van der Waals surface area contributed by atoms with Gasteiger partial charge in [0.05, 0.1) is 6.61 Å². The van der Waals surface area contributed by atoms with Gasteiger partial charge >= 0.3 is 0 Å². The third-order valence-corrected chi connectivity index (χ3v) is 3.93. The Hall–Kier alpha value is -2.46. The SMILES string of the molecule is CCOc1ccccc1OC(Cc1ccccc1)C1NC=CCN1. The largest absolute Gasteiger partial charge is 0.490 e. The van der Waals surface area contributed by atoms with Crippen LogP contribution >= 0.6 is 0 Å². The van der Waals surface area contributed by atoms with Crippen LogP contribution in [0.25, 0.3) is 0 Å². The van der Waals surface area contributed by atoms with Gasteiger partial charge in [-0.3, -0.25) is 5.32 Å². The number of hydrogen-bond donors (Lipinski definition) is 2. The van der Waals surface area contributed by atoms with E-state index in [9.17, 15) is 0 Å². The molecule has 126 valence electrons. The lowest BCUT2D eigenvalue weighted by Gasteiger charge is -2.31. The second kappa shape index (κ2) is 8.41. The predicted molar refractivity (Wildman–Crippen MR) is 96.2 cm³/mol. The minimum Gasteiger partial charge on any atom is -0.490 e. The Kier molecular flexibility index (Phi) is 5.75. The second-order valence-electron chi connectivity index (χ2n) is 5.68. The number of nitrogens with one attached hydrogen (secondary N) is 2. The molecule has 2 aromatic carbocycles. The molecule has 0 radical (unpaired) electrons. The molecular formula is C20H24N2O2. The molecule has 4 nitrogen and oxygen atoms in total. The molecule has 0 saturated heterocycles. The summed E-state index contributed by atoms with van der Waals surface area (Å²) in [7, 11) is 0. The fourth-order valence-corrected chi connectivity index (χ4v) is 2.78. The standard InChI is InChI=1S/C20H24N2O2/c1-2-23-17-11-6-7-12-18(17)24-19(20-21-13-8-14-22-20)15-16-9-4-3-5-10-16/h3-13,19-22H,2,14-15H2,1H3. The number of hydrogen-bond acceptors (Lipinski definition) is 4. The fourth-order valence-electron chi connectivity index (χ4n) is 2.78. The molecule has 1 aliphatic rings. The van der Waals surface area contributed by atoms with E-state index in [1.54, 1.807) is 0 Å². The van der Waals surface area contributed by atoms with E-state index >= 15 is 0 Å². The first-order valence-electron chi connectivity index (χ1n) is 8.43. The van der Waals surface area contributed by atoms with Crippen molar-refractivity contribution in [2.45, 2.75) is 25.6 Å². The Bertz CT molecular complexity index is 658. The predicted octanol–water partition coefficient (Wildman–Crippen LogP) is 3.11. The van der Waals surface area contributed by atoms with Gasteiger partial charge in [-0.05, 0) is 30.8 Å². The van der Waals surface area contributed by atoms with Crippen LogP contribution in [0.5, 0.6) is 11.5 Å². The summed E-state index contributed by atoms with van der Waals surface area (Å²) in [4.78, 5) is 0. The summed E-state index contributed by atoms with van der Waals surface area (Å²) in [6.07, 6.45) is 4.84. The van der Waals surface area contributed by atoms with Gasteiger partial charge in [0.15, 0.2) is 11.5 Å². The van der Waals surface area contributed by atoms with Crippen molar-refractivity contribution in [1.29, 1.82) is 0 Å². The average molecular weight is 324 g/mol. The lowest BCUT2D eigenvalue weighted by Crippen LogP contribution is -2.53. The van der Waals surface area contributed by atoms with Crippen LogP contribution in [0.4, 0.5) is 0 Å². The van der Waals surface area contributed by atoms with Gasteiger partial charge in [0.2, 0.25) is 0 Å². The summed E-state index contributed by atoms with van der Waals surface area (Å²) in [5.74, 6) is 1.56. The van der Waals surface area contributed by atoms with Gasteiger partial charge in [0.1, 0.15) is 12.3 Å². The van der Waals surface area contributed by atoms with Crippen LogP contribution < -0.4 is 20.1 Å². The average Bonchev–Trinajstić information content (AvgIpc) is 2.64. The van der Waals surface area contributed by atoms with E-state index in [0.29, 0.717) is 6.61 Å². The fraction of sp³-hybridized carbons (Fsp3) is 0.300. The lowest BCUT2D eigenvalue weighted by atomic mass is 10.1. The summed E-state index contributed by atoms with van der Waals surface area (Å²) in [6.45, 7) is 3.43. The lowest BCUT2D eigenvalue weighted by molar-refractivity contribution is 0.135. The first-order chi connectivity index (χ1) is 11.9. The van der Waals surface area contributed by atoms with Crippen molar-refractivity contribution in [1.82, 2.24) is 10.6 Å². The molecule has 0 fully saturated rings. The van der Waals surface area contributed by atoms with Gasteiger partial charge in [-0.15, -0.1) is 0 Å². The molecule has 2 atom stereocenters. The van der Waals surface area contributed by atoms with E-state index in [0.717, 1.165) is 24.5 Å². The molecule has 24 heavy (non-hydrogen) atoms. The van der Waals surface area contributed by atoms with Gasteiger partial charge in [0.25, 0.3) is 0 Å². The Morgan fingerprint density at radius 3 is 2.50 bits per heavy atom. The number of benzene rings is 2. The number of ether oxygens (including phenoxy) is 2. The summed E-state index contributed by atoms with van der Waals surface area (Å²) < 4.78 is 12.1. The van der Waals surface area contributed by atoms with Crippen molar-refractivity contribution in [3.8, 4) is 11.5 Å². The zero-order chi connectivity index (χ0) is 16.6. The maximum atomic E-state index is 6.36. The number of para-hydroxylation sites is 2. The summed E-state index contributed by atoms with van der Waals surface area (Å²) in [5, 5.41) is 6.80. The smallest absolute Gasteiger partial charge is 0.161 e. The maximum Gasteiger partial charge on any atom is 0.161 e. The van der Waals surface area contributed by atoms with Gasteiger partial charge in [-0.25, -0.2) is 0 Å². The normalized spacial score (nSPS) is 17.8. The third-order valence-electron chi connectivity index (χ3n) is 3.93. The van der Waals surface area contributed by atoms with E-state index in [-0.39, 0.29) is 12.3 Å². The van der Waals surface area contributed by atoms with E-state index in [2.05, 4.69) is 41.0 Å². The van der Waals surface area contributed by atoms with Gasteiger partial charge < -0.3 is 14.8 Å². The van der Waals surface area contributed by atoms with Gasteiger partial charge in [-0.1, -0.05) is 48.5 Å². The van der Waals surface area contributed by atoms with E-state index in [4.69, 9.17) is 9.47 Å². The Morgan fingerprint density at radius 1 is 1.04 bits per heavy atom. The second-order valence-corrected chi connectivity index (χ2v) is 5.68. The molecule has 0 bridgehead atoms. The van der Waals surface area contributed by atoms with Crippen molar-refractivity contribution in [3.63, 3.8) is 0 Å². The molecule has 0 amide bonds. The Balaban J connectivity index is 1.80. The zero-order valence-electron chi connectivity index (χ0n) is 13.9. The topological polar surface area (TPSA) is 42.5 Å². The van der Waals surface area contributed by atoms with Gasteiger partial charge in [-0.2, -0.15) is 0 Å². The molecule has 0 aromatic heterocycles. The van der Waals surface area contributed by atoms with Crippen LogP contribution in [0.3, 0.4) is 0 Å². The monoisotopic (exact) mass is 324 g/mol. The summed E-state index contributed by atoms with van der Waals surface area (Å²) in [5.41, 5.74) is 1.24. The maximum absolute atomic E-state index is 6.36.